The van der Waals surface area contributed by atoms with Crippen molar-refractivity contribution in [2.45, 2.75) is 23.6 Å². The van der Waals surface area contributed by atoms with Gasteiger partial charge in [-0.05, 0) is 31.2 Å². The maximum atomic E-state index is 12.1. The summed E-state index contributed by atoms with van der Waals surface area (Å²) < 4.78 is 46.4. The lowest BCUT2D eigenvalue weighted by Crippen LogP contribution is -2.24. The van der Waals surface area contributed by atoms with Crippen molar-refractivity contribution in [2.75, 3.05) is 17.3 Å². The maximum absolute atomic E-state index is 12.1. The molecule has 0 radical (unpaired) electrons. The van der Waals surface area contributed by atoms with Gasteiger partial charge in [-0.1, -0.05) is 11.8 Å². The van der Waals surface area contributed by atoms with Crippen molar-refractivity contribution in [1.29, 1.82) is 0 Å². The molecule has 3 nitrogen and oxygen atoms in total. The molecule has 0 fully saturated rings. The number of nitrogens with one attached hydrogen (secondary N) is 1. The number of sulfone groups is 1. The molecule has 0 amide bonds. The standard InChI is InChI=1S/C11H15F2NO2S2/c1-8(7-18(2,15)16)14-9-3-5-10(6-4-9)17-11(12)13/h3-6,8,11,14H,7H2,1-2H3. The van der Waals surface area contributed by atoms with E-state index in [2.05, 4.69) is 5.32 Å². The number of benzene rings is 1. The molecule has 0 aromatic heterocycles. The number of alkyl halides is 2. The van der Waals surface area contributed by atoms with Gasteiger partial charge in [-0.25, -0.2) is 8.42 Å². The molecule has 1 unspecified atom stereocenters. The van der Waals surface area contributed by atoms with Gasteiger partial charge < -0.3 is 5.32 Å². The summed E-state index contributed by atoms with van der Waals surface area (Å²) in [5, 5.41) is 3.00. The average molecular weight is 295 g/mol. The van der Waals surface area contributed by atoms with E-state index in [4.69, 9.17) is 0 Å². The van der Waals surface area contributed by atoms with E-state index in [1.54, 1.807) is 31.2 Å². The molecule has 1 aromatic carbocycles. The lowest BCUT2D eigenvalue weighted by atomic mass is 10.3. The summed E-state index contributed by atoms with van der Waals surface area (Å²) in [6.45, 7) is 1.75. The predicted molar refractivity (Wildman–Crippen MR) is 71.1 cm³/mol. The SMILES string of the molecule is CC(CS(C)(=O)=O)Nc1ccc(SC(F)F)cc1. The second kappa shape index (κ2) is 6.38. The Morgan fingerprint density at radius 2 is 1.83 bits per heavy atom. The highest BCUT2D eigenvalue weighted by molar-refractivity contribution is 7.99. The molecule has 1 rings (SSSR count). The minimum atomic E-state index is -3.03. The van der Waals surface area contributed by atoms with Gasteiger partial charge in [0.25, 0.3) is 5.76 Å². The van der Waals surface area contributed by atoms with Gasteiger partial charge in [-0.2, -0.15) is 8.78 Å². The molecule has 0 saturated heterocycles. The van der Waals surface area contributed by atoms with Crippen molar-refractivity contribution in [2.24, 2.45) is 0 Å². The van der Waals surface area contributed by atoms with Crippen molar-refractivity contribution in [3.63, 3.8) is 0 Å². The van der Waals surface area contributed by atoms with Crippen molar-refractivity contribution in [3.8, 4) is 0 Å². The van der Waals surface area contributed by atoms with E-state index in [0.717, 1.165) is 0 Å². The number of anilines is 1. The molecule has 18 heavy (non-hydrogen) atoms. The summed E-state index contributed by atoms with van der Waals surface area (Å²) in [6, 6.07) is 6.24. The molecule has 0 aliphatic heterocycles. The third-order valence-corrected chi connectivity index (χ3v) is 3.87. The molecule has 1 aromatic rings. The van der Waals surface area contributed by atoms with Crippen LogP contribution >= 0.6 is 11.8 Å². The molecule has 0 heterocycles. The zero-order valence-electron chi connectivity index (χ0n) is 10.1. The van der Waals surface area contributed by atoms with Gasteiger partial charge in [0.1, 0.15) is 9.84 Å². The molecule has 7 heteroatoms. The van der Waals surface area contributed by atoms with Gasteiger partial charge in [-0.3, -0.25) is 0 Å². The normalized spacial score (nSPS) is 13.6. The number of rotatable bonds is 6. The number of thioether (sulfide) groups is 1. The van der Waals surface area contributed by atoms with E-state index in [0.29, 0.717) is 22.3 Å². The summed E-state index contributed by atoms with van der Waals surface area (Å²) in [7, 11) is -3.03. The first-order valence-corrected chi connectivity index (χ1v) is 8.19. The monoisotopic (exact) mass is 295 g/mol. The molecule has 0 saturated carbocycles. The Hall–Kier alpha value is -0.820. The van der Waals surface area contributed by atoms with E-state index in [1.807, 2.05) is 0 Å². The Morgan fingerprint density at radius 1 is 1.28 bits per heavy atom. The third-order valence-electron chi connectivity index (χ3n) is 2.05. The van der Waals surface area contributed by atoms with Gasteiger partial charge in [0.2, 0.25) is 0 Å². The zero-order valence-corrected chi connectivity index (χ0v) is 11.7. The Balaban J connectivity index is 2.58. The van der Waals surface area contributed by atoms with Crippen LogP contribution in [0.3, 0.4) is 0 Å². The molecular weight excluding hydrogens is 280 g/mol. The Kier molecular flexibility index (Phi) is 5.40. The summed E-state index contributed by atoms with van der Waals surface area (Å²) in [5.41, 5.74) is 0.713. The fourth-order valence-corrected chi connectivity index (χ4v) is 3.00. The average Bonchev–Trinajstić information content (AvgIpc) is 2.17. The maximum Gasteiger partial charge on any atom is 0.288 e. The minimum Gasteiger partial charge on any atom is -0.382 e. The summed E-state index contributed by atoms with van der Waals surface area (Å²) in [6.07, 6.45) is 1.17. The molecule has 0 aliphatic rings. The molecule has 0 bridgehead atoms. The van der Waals surface area contributed by atoms with E-state index in [9.17, 15) is 17.2 Å². The van der Waals surface area contributed by atoms with Crippen LogP contribution in [-0.2, 0) is 9.84 Å². The minimum absolute atomic E-state index is 0.0283. The van der Waals surface area contributed by atoms with Crippen LogP contribution in [0.4, 0.5) is 14.5 Å². The number of hydrogen-bond donors (Lipinski definition) is 1. The van der Waals surface area contributed by atoms with Gasteiger partial charge in [0, 0.05) is 22.9 Å². The fraction of sp³-hybridized carbons (Fsp3) is 0.455. The first kappa shape index (κ1) is 15.2. The molecule has 1 N–H and O–H groups in total. The Bertz CT molecular complexity index is 474. The molecule has 0 aliphatic carbocycles. The lowest BCUT2D eigenvalue weighted by molar-refractivity contribution is 0.252. The van der Waals surface area contributed by atoms with Crippen molar-refractivity contribution in [1.82, 2.24) is 0 Å². The van der Waals surface area contributed by atoms with Crippen molar-refractivity contribution >= 4 is 27.3 Å². The largest absolute Gasteiger partial charge is 0.382 e. The second-order valence-corrected chi connectivity index (χ2v) is 7.29. The van der Waals surface area contributed by atoms with Crippen LogP contribution in [0.2, 0.25) is 0 Å². The fourth-order valence-electron chi connectivity index (χ4n) is 1.51. The smallest absolute Gasteiger partial charge is 0.288 e. The van der Waals surface area contributed by atoms with E-state index < -0.39 is 15.6 Å². The number of hydrogen-bond acceptors (Lipinski definition) is 4. The zero-order chi connectivity index (χ0) is 13.8. The molecular formula is C11H15F2NO2S2. The highest BCUT2D eigenvalue weighted by Gasteiger charge is 2.10. The lowest BCUT2D eigenvalue weighted by Gasteiger charge is -2.14. The van der Waals surface area contributed by atoms with E-state index in [1.165, 1.54) is 6.26 Å². The topological polar surface area (TPSA) is 46.2 Å². The van der Waals surface area contributed by atoms with Crippen LogP contribution in [-0.4, -0.2) is 32.2 Å². The van der Waals surface area contributed by atoms with Gasteiger partial charge in [0.15, 0.2) is 0 Å². The summed E-state index contributed by atoms with van der Waals surface area (Å²) >= 11 is 0.479. The Labute approximate surface area is 110 Å². The Morgan fingerprint density at radius 3 is 2.28 bits per heavy atom. The predicted octanol–water partition coefficient (Wildman–Crippen LogP) is 2.85. The third kappa shape index (κ3) is 6.20. The van der Waals surface area contributed by atoms with Crippen LogP contribution in [0.25, 0.3) is 0 Å². The van der Waals surface area contributed by atoms with Crippen molar-refractivity contribution < 1.29 is 17.2 Å². The highest BCUT2D eigenvalue weighted by Crippen LogP contribution is 2.26. The van der Waals surface area contributed by atoms with E-state index in [-0.39, 0.29) is 11.8 Å². The molecule has 1 atom stereocenters. The molecule has 0 spiro atoms. The molecule has 102 valence electrons. The highest BCUT2D eigenvalue weighted by atomic mass is 32.2. The number of halogens is 2. The van der Waals surface area contributed by atoms with Crippen LogP contribution in [0.1, 0.15) is 6.92 Å². The first-order chi connectivity index (χ1) is 8.26. The van der Waals surface area contributed by atoms with Crippen LogP contribution in [0.15, 0.2) is 29.2 Å². The second-order valence-electron chi connectivity index (χ2n) is 4.04. The van der Waals surface area contributed by atoms with Crippen molar-refractivity contribution in [3.05, 3.63) is 24.3 Å². The van der Waals surface area contributed by atoms with Gasteiger partial charge in [0.05, 0.1) is 5.75 Å². The summed E-state index contributed by atoms with van der Waals surface area (Å²) in [4.78, 5) is 0.478. The van der Waals surface area contributed by atoms with Gasteiger partial charge >= 0.3 is 0 Å². The van der Waals surface area contributed by atoms with Crippen LogP contribution in [0, 0.1) is 0 Å². The quantitative estimate of drug-likeness (QED) is 0.820. The first-order valence-electron chi connectivity index (χ1n) is 5.25. The van der Waals surface area contributed by atoms with Crippen LogP contribution in [0.5, 0.6) is 0 Å². The van der Waals surface area contributed by atoms with E-state index >= 15 is 0 Å². The van der Waals surface area contributed by atoms with Gasteiger partial charge in [-0.15, -0.1) is 0 Å². The van der Waals surface area contributed by atoms with Crippen LogP contribution < -0.4 is 5.32 Å². The summed E-state index contributed by atoms with van der Waals surface area (Å²) in [5.74, 6) is -2.41.